The number of aromatic amines is 1. The maximum atomic E-state index is 10.9. The smallest absolute Gasteiger partial charge is 0.335 e. The molecule has 0 aliphatic rings. The largest absolute Gasteiger partial charge is 0.495 e. The van der Waals surface area contributed by atoms with E-state index in [0.717, 1.165) is 0 Å². The number of nitrogens with one attached hydrogen (secondary N) is 1. The van der Waals surface area contributed by atoms with Gasteiger partial charge in [0.05, 0.1) is 18.4 Å². The molecule has 1 aromatic heterocycles. The van der Waals surface area contributed by atoms with Gasteiger partial charge in [-0.05, 0) is 30.4 Å². The van der Waals surface area contributed by atoms with Crippen molar-refractivity contribution in [1.82, 2.24) is 14.8 Å². The Bertz CT molecular complexity index is 617. The lowest BCUT2D eigenvalue weighted by Gasteiger charge is -2.09. The highest BCUT2D eigenvalue weighted by Crippen LogP contribution is 2.24. The quantitative estimate of drug-likeness (QED) is 0.810. The fourth-order valence-corrected chi connectivity index (χ4v) is 1.63. The van der Waals surface area contributed by atoms with Crippen LogP contribution in [-0.4, -0.2) is 33.0 Å². The molecule has 0 radical (unpaired) electrons. The molecule has 0 saturated carbocycles. The first-order valence-corrected chi connectivity index (χ1v) is 5.08. The van der Waals surface area contributed by atoms with Gasteiger partial charge in [-0.25, -0.2) is 4.79 Å². The second-order valence-corrected chi connectivity index (χ2v) is 3.61. The highest BCUT2D eigenvalue weighted by atomic mass is 32.1. The number of hydrogen-bond donors (Lipinski definition) is 2. The van der Waals surface area contributed by atoms with E-state index in [1.807, 2.05) is 0 Å². The summed E-state index contributed by atoms with van der Waals surface area (Å²) in [5, 5.41) is 15.3. The van der Waals surface area contributed by atoms with Crippen molar-refractivity contribution in [2.24, 2.45) is 0 Å². The average Bonchev–Trinajstić information content (AvgIpc) is 2.74. The van der Waals surface area contributed by atoms with Crippen LogP contribution in [0, 0.1) is 4.77 Å². The molecule has 2 aromatic rings. The number of aromatic carboxylic acids is 1. The van der Waals surface area contributed by atoms with Crippen molar-refractivity contribution in [3.8, 4) is 11.4 Å². The third-order valence-electron chi connectivity index (χ3n) is 2.24. The van der Waals surface area contributed by atoms with Crippen molar-refractivity contribution in [1.29, 1.82) is 0 Å². The zero-order valence-corrected chi connectivity index (χ0v) is 9.69. The van der Waals surface area contributed by atoms with Crippen molar-refractivity contribution in [3.63, 3.8) is 0 Å². The lowest BCUT2D eigenvalue weighted by Crippen LogP contribution is -2.02. The molecule has 0 bridgehead atoms. The molecular formula is C10H9N3O3S. The Balaban J connectivity index is 2.66. The van der Waals surface area contributed by atoms with Crippen LogP contribution in [0.15, 0.2) is 24.5 Å². The van der Waals surface area contributed by atoms with Crippen LogP contribution in [0.3, 0.4) is 0 Å². The number of nitrogens with zero attached hydrogens (tertiary/aromatic N) is 2. The van der Waals surface area contributed by atoms with Crippen molar-refractivity contribution in [2.75, 3.05) is 7.11 Å². The van der Waals surface area contributed by atoms with E-state index in [9.17, 15) is 4.79 Å². The topological polar surface area (TPSA) is 80.1 Å². The molecule has 0 fully saturated rings. The first-order chi connectivity index (χ1) is 8.13. The second-order valence-electron chi connectivity index (χ2n) is 3.22. The molecule has 1 aromatic carbocycles. The second kappa shape index (κ2) is 4.38. The van der Waals surface area contributed by atoms with Crippen LogP contribution < -0.4 is 4.74 Å². The summed E-state index contributed by atoms with van der Waals surface area (Å²) in [5.41, 5.74) is 0.690. The minimum atomic E-state index is -1.01. The third-order valence-corrected chi connectivity index (χ3v) is 2.53. The third kappa shape index (κ3) is 2.04. The van der Waals surface area contributed by atoms with Gasteiger partial charge in [0.25, 0.3) is 0 Å². The van der Waals surface area contributed by atoms with E-state index in [1.165, 1.54) is 25.6 Å². The molecule has 6 nitrogen and oxygen atoms in total. The van der Waals surface area contributed by atoms with E-state index in [4.69, 9.17) is 22.1 Å². The Morgan fingerprint density at radius 3 is 2.88 bits per heavy atom. The van der Waals surface area contributed by atoms with Gasteiger partial charge in [0, 0.05) is 0 Å². The van der Waals surface area contributed by atoms with Gasteiger partial charge in [-0.1, -0.05) is 0 Å². The van der Waals surface area contributed by atoms with Crippen molar-refractivity contribution < 1.29 is 14.6 Å². The lowest BCUT2D eigenvalue weighted by atomic mass is 10.2. The summed E-state index contributed by atoms with van der Waals surface area (Å²) in [6, 6.07) is 4.52. The monoisotopic (exact) mass is 251 g/mol. The number of rotatable bonds is 3. The van der Waals surface area contributed by atoms with Crippen molar-refractivity contribution in [3.05, 3.63) is 34.9 Å². The number of hydrogen-bond acceptors (Lipinski definition) is 4. The van der Waals surface area contributed by atoms with Crippen LogP contribution in [0.2, 0.25) is 0 Å². The predicted octanol–water partition coefficient (Wildman–Crippen LogP) is 1.64. The number of carboxylic acid groups (broad SMARTS) is 1. The molecule has 0 amide bonds. The van der Waals surface area contributed by atoms with Gasteiger partial charge in [-0.2, -0.15) is 5.10 Å². The van der Waals surface area contributed by atoms with E-state index in [0.29, 0.717) is 16.2 Å². The van der Waals surface area contributed by atoms with Gasteiger partial charge in [0.2, 0.25) is 0 Å². The zero-order valence-electron chi connectivity index (χ0n) is 8.88. The molecule has 1 heterocycles. The molecule has 0 aliphatic carbocycles. The van der Waals surface area contributed by atoms with E-state index < -0.39 is 5.97 Å². The Kier molecular flexibility index (Phi) is 2.92. The molecule has 7 heteroatoms. The van der Waals surface area contributed by atoms with Crippen molar-refractivity contribution >= 4 is 18.2 Å². The van der Waals surface area contributed by atoms with E-state index >= 15 is 0 Å². The Hall–Kier alpha value is -2.15. The van der Waals surface area contributed by atoms with Crippen LogP contribution >= 0.6 is 12.2 Å². The fraction of sp³-hybridized carbons (Fsp3) is 0.100. The van der Waals surface area contributed by atoms with Gasteiger partial charge in [0.1, 0.15) is 12.1 Å². The van der Waals surface area contributed by atoms with Crippen LogP contribution in [0.25, 0.3) is 5.69 Å². The molecular weight excluding hydrogens is 242 g/mol. The zero-order chi connectivity index (χ0) is 12.4. The highest BCUT2D eigenvalue weighted by Gasteiger charge is 2.11. The molecule has 2 rings (SSSR count). The molecule has 17 heavy (non-hydrogen) atoms. The van der Waals surface area contributed by atoms with Gasteiger partial charge in [0.15, 0.2) is 4.77 Å². The number of carboxylic acids is 1. The number of methoxy groups -OCH3 is 1. The number of H-pyrrole nitrogens is 1. The molecule has 0 spiro atoms. The van der Waals surface area contributed by atoms with Crippen molar-refractivity contribution in [2.45, 2.75) is 0 Å². The number of ether oxygens (including phenoxy) is 1. The fourth-order valence-electron chi connectivity index (χ4n) is 1.43. The van der Waals surface area contributed by atoms with Gasteiger partial charge in [-0.15, -0.1) is 0 Å². The van der Waals surface area contributed by atoms with Gasteiger partial charge < -0.3 is 9.84 Å². The van der Waals surface area contributed by atoms with Gasteiger partial charge >= 0.3 is 5.97 Å². The maximum Gasteiger partial charge on any atom is 0.335 e. The van der Waals surface area contributed by atoms with Crippen LogP contribution in [-0.2, 0) is 0 Å². The SMILES string of the molecule is COc1ccc(C(=O)O)cc1-n1cn[nH]c1=S. The Labute approximate surface area is 101 Å². The average molecular weight is 251 g/mol. The summed E-state index contributed by atoms with van der Waals surface area (Å²) in [5.74, 6) is -0.489. The predicted molar refractivity (Wildman–Crippen MR) is 62.3 cm³/mol. The molecule has 0 aliphatic heterocycles. The van der Waals surface area contributed by atoms with E-state index in [2.05, 4.69) is 10.2 Å². The Morgan fingerprint density at radius 1 is 1.59 bits per heavy atom. The summed E-state index contributed by atoms with van der Waals surface area (Å²) in [6.07, 6.45) is 1.46. The molecule has 2 N–H and O–H groups in total. The summed E-state index contributed by atoms with van der Waals surface area (Å²) < 4.78 is 7.07. The normalized spacial score (nSPS) is 10.2. The summed E-state index contributed by atoms with van der Waals surface area (Å²) in [7, 11) is 1.50. The van der Waals surface area contributed by atoms with Crippen LogP contribution in [0.5, 0.6) is 5.75 Å². The standard InChI is InChI=1S/C10H9N3O3S/c1-16-8-3-2-6(9(14)15)4-7(8)13-5-11-12-10(13)17/h2-5H,1H3,(H,12,17)(H,14,15). The summed E-state index contributed by atoms with van der Waals surface area (Å²) >= 11 is 5.03. The number of carbonyl (C=O) groups is 1. The molecule has 0 unspecified atom stereocenters. The first kappa shape index (κ1) is 11.3. The maximum absolute atomic E-state index is 10.9. The Morgan fingerprint density at radius 2 is 2.35 bits per heavy atom. The summed E-state index contributed by atoms with van der Waals surface area (Å²) in [4.78, 5) is 10.9. The summed E-state index contributed by atoms with van der Waals surface area (Å²) in [6.45, 7) is 0. The van der Waals surface area contributed by atoms with E-state index in [-0.39, 0.29) is 5.56 Å². The first-order valence-electron chi connectivity index (χ1n) is 4.67. The number of benzene rings is 1. The minimum Gasteiger partial charge on any atom is -0.495 e. The number of aromatic nitrogens is 3. The molecule has 0 atom stereocenters. The highest BCUT2D eigenvalue weighted by molar-refractivity contribution is 7.71. The molecule has 0 saturated heterocycles. The minimum absolute atomic E-state index is 0.156. The lowest BCUT2D eigenvalue weighted by molar-refractivity contribution is 0.0697. The molecule has 88 valence electrons. The van der Waals surface area contributed by atoms with Gasteiger partial charge in [-0.3, -0.25) is 9.67 Å². The van der Waals surface area contributed by atoms with Crippen LogP contribution in [0.1, 0.15) is 10.4 Å². The van der Waals surface area contributed by atoms with Crippen LogP contribution in [0.4, 0.5) is 0 Å². The van der Waals surface area contributed by atoms with E-state index in [1.54, 1.807) is 10.6 Å².